The minimum atomic E-state index is -4.05. The predicted molar refractivity (Wildman–Crippen MR) is 192 cm³/mol. The van der Waals surface area contributed by atoms with Crippen LogP contribution in [0.3, 0.4) is 0 Å². The highest BCUT2D eigenvalue weighted by molar-refractivity contribution is 7.90. The van der Waals surface area contributed by atoms with E-state index in [-0.39, 0.29) is 55.7 Å². The van der Waals surface area contributed by atoms with E-state index < -0.39 is 56.7 Å². The molecule has 6 unspecified atom stereocenters. The first-order chi connectivity index (χ1) is 23.1. The molecule has 0 aliphatic heterocycles. The Bertz CT molecular complexity index is 1390. The van der Waals surface area contributed by atoms with E-state index in [1.807, 2.05) is 51.1 Å². The normalized spacial score (nSPS) is 22.9. The van der Waals surface area contributed by atoms with Crippen LogP contribution in [-0.4, -0.2) is 92.5 Å². The minimum Gasteiger partial charge on any atom is -0.444 e. The number of guanidine groups is 1. The van der Waals surface area contributed by atoms with Crippen LogP contribution >= 0.6 is 0 Å². The molecule has 0 heterocycles. The Balaban J connectivity index is 2.22. The molecule has 15 heteroatoms. The second-order valence-corrected chi connectivity index (χ2v) is 16.9. The molecule has 284 valence electrons. The van der Waals surface area contributed by atoms with Gasteiger partial charge in [-0.05, 0) is 90.5 Å². The smallest absolute Gasteiger partial charge is 0.414 e. The fraction of sp³-hybridized carbons (Fsp3) is 0.714. The number of aliphatic imine (C=N–C) groups is 1. The third-order valence-electron chi connectivity index (χ3n) is 8.47. The molecule has 0 spiro atoms. The number of methoxy groups -OCH3 is 1. The number of nitrogens with one attached hydrogen (secondary N) is 4. The van der Waals surface area contributed by atoms with Gasteiger partial charge in [0.25, 0.3) is 5.91 Å². The van der Waals surface area contributed by atoms with Gasteiger partial charge in [0.15, 0.2) is 6.10 Å². The maximum Gasteiger partial charge on any atom is 0.414 e. The number of amides is 3. The van der Waals surface area contributed by atoms with E-state index in [0.29, 0.717) is 12.8 Å². The van der Waals surface area contributed by atoms with Crippen molar-refractivity contribution in [3.05, 3.63) is 35.9 Å². The Morgan fingerprint density at radius 1 is 0.960 bits per heavy atom. The lowest BCUT2D eigenvalue weighted by molar-refractivity contribution is -0.130. The summed E-state index contributed by atoms with van der Waals surface area (Å²) in [7, 11) is -2.43. The molecule has 0 bridgehead atoms. The summed E-state index contributed by atoms with van der Waals surface area (Å²) in [4.78, 5) is 42.6. The molecular weight excluding hydrogens is 666 g/mol. The standard InChI is InChI=1S/C35H59N5O9S/c1-22-21-27(47-10)23(2)24(3)29(22)50(45,46)40-31(39-33(44)49-35(7,8)9)37-19-14-17-26(38-32(43)48-34(4,5)6)28(41)30(42)36-20-18-25-15-12-11-13-16-25/h11-13,15-16,22-24,26-29,41H,14,17-21H2,1-10H3,(H,36,42)(H,38,43)(H2,37,39,40,44)/t22?,23?,24?,26-,27?,28?,29?/m0/s1. The first-order valence-corrected chi connectivity index (χ1v) is 18.8. The average Bonchev–Trinajstić information content (AvgIpc) is 2.98. The number of carbonyl (C=O) groups excluding carboxylic acids is 3. The summed E-state index contributed by atoms with van der Waals surface area (Å²) < 4.78 is 46.3. The fourth-order valence-electron chi connectivity index (χ4n) is 6.00. The van der Waals surface area contributed by atoms with Gasteiger partial charge in [-0.2, -0.15) is 0 Å². The maximum absolute atomic E-state index is 13.8. The first kappa shape index (κ1) is 42.7. The molecule has 50 heavy (non-hydrogen) atoms. The van der Waals surface area contributed by atoms with Crippen LogP contribution in [0, 0.1) is 17.8 Å². The zero-order valence-electron chi connectivity index (χ0n) is 31.2. The molecule has 1 fully saturated rings. The van der Waals surface area contributed by atoms with Crippen molar-refractivity contribution >= 4 is 34.1 Å². The van der Waals surface area contributed by atoms with Crippen LogP contribution in [0.1, 0.15) is 87.1 Å². The SMILES string of the molecule is COC1CC(C)C(S(=O)(=O)NC(=NCCC[C@H](NC(=O)OC(C)(C)C)C(O)C(=O)NCCc2ccccc2)NC(=O)OC(C)(C)C)C(C)C1C. The van der Waals surface area contributed by atoms with Crippen LogP contribution in [0.5, 0.6) is 0 Å². The number of sulfonamides is 1. The van der Waals surface area contributed by atoms with E-state index in [1.54, 1.807) is 48.7 Å². The van der Waals surface area contributed by atoms with Crippen molar-refractivity contribution in [3.8, 4) is 0 Å². The molecule has 0 radical (unpaired) electrons. The maximum atomic E-state index is 13.8. The van der Waals surface area contributed by atoms with Gasteiger partial charge in [-0.1, -0.05) is 51.1 Å². The van der Waals surface area contributed by atoms with Crippen molar-refractivity contribution in [1.29, 1.82) is 0 Å². The van der Waals surface area contributed by atoms with Gasteiger partial charge >= 0.3 is 12.2 Å². The Labute approximate surface area is 297 Å². The molecule has 1 aliphatic rings. The average molecular weight is 726 g/mol. The zero-order chi connectivity index (χ0) is 37.9. The number of hydrogen-bond acceptors (Lipinski definition) is 10. The zero-order valence-corrected chi connectivity index (χ0v) is 32.1. The molecule has 2 rings (SSSR count). The molecule has 1 aromatic rings. The number of hydrogen-bond donors (Lipinski definition) is 5. The van der Waals surface area contributed by atoms with Crippen molar-refractivity contribution in [2.45, 2.75) is 123 Å². The minimum absolute atomic E-state index is 0.0339. The van der Waals surface area contributed by atoms with E-state index in [4.69, 9.17) is 14.2 Å². The van der Waals surface area contributed by atoms with E-state index >= 15 is 0 Å². The van der Waals surface area contributed by atoms with Crippen molar-refractivity contribution < 1.29 is 42.1 Å². The van der Waals surface area contributed by atoms with Gasteiger partial charge in [0.05, 0.1) is 17.4 Å². The number of aliphatic hydroxyl groups is 1. The molecule has 3 amide bonds. The van der Waals surface area contributed by atoms with Crippen LogP contribution in [0.15, 0.2) is 35.3 Å². The molecule has 0 saturated heterocycles. The Morgan fingerprint density at radius 2 is 1.56 bits per heavy atom. The van der Waals surface area contributed by atoms with Gasteiger partial charge in [0.2, 0.25) is 16.0 Å². The van der Waals surface area contributed by atoms with Crippen molar-refractivity contribution in [2.24, 2.45) is 22.7 Å². The highest BCUT2D eigenvalue weighted by Gasteiger charge is 2.46. The molecular formula is C35H59N5O9S. The summed E-state index contributed by atoms with van der Waals surface area (Å²) in [6.45, 7) is 16.0. The lowest BCUT2D eigenvalue weighted by Crippen LogP contribution is -2.54. The third-order valence-corrected chi connectivity index (χ3v) is 10.6. The summed E-state index contributed by atoms with van der Waals surface area (Å²) in [6, 6.07) is 8.47. The lowest BCUT2D eigenvalue weighted by atomic mass is 9.74. The second kappa shape index (κ2) is 18.7. The Kier molecular flexibility index (Phi) is 16.0. The third kappa shape index (κ3) is 14.4. The quantitative estimate of drug-likeness (QED) is 0.114. The number of aliphatic hydroxyl groups excluding tert-OH is 1. The van der Waals surface area contributed by atoms with Crippen LogP contribution in [0.4, 0.5) is 9.59 Å². The fourth-order valence-corrected chi connectivity index (χ4v) is 8.06. The summed E-state index contributed by atoms with van der Waals surface area (Å²) in [6.07, 6.45) is -2.07. The van der Waals surface area contributed by atoms with Crippen LogP contribution in [0.25, 0.3) is 0 Å². The van der Waals surface area contributed by atoms with Gasteiger partial charge in [-0.25, -0.2) is 18.0 Å². The second-order valence-electron chi connectivity index (χ2n) is 15.0. The van der Waals surface area contributed by atoms with Crippen LogP contribution in [-0.2, 0) is 35.4 Å². The number of rotatable bonds is 13. The molecule has 1 aliphatic carbocycles. The molecule has 5 N–H and O–H groups in total. The predicted octanol–water partition coefficient (Wildman–Crippen LogP) is 3.88. The van der Waals surface area contributed by atoms with Gasteiger partial charge in [-0.15, -0.1) is 0 Å². The highest BCUT2D eigenvalue weighted by atomic mass is 32.2. The molecule has 1 saturated carbocycles. The number of benzene rings is 1. The Morgan fingerprint density at radius 3 is 2.14 bits per heavy atom. The first-order valence-electron chi connectivity index (χ1n) is 17.2. The Hall–Kier alpha value is -3.43. The monoisotopic (exact) mass is 725 g/mol. The topological polar surface area (TPSA) is 194 Å². The van der Waals surface area contributed by atoms with E-state index in [9.17, 15) is 27.9 Å². The largest absolute Gasteiger partial charge is 0.444 e. The molecule has 1 aromatic carbocycles. The molecule has 0 aromatic heterocycles. The highest BCUT2D eigenvalue weighted by Crippen LogP contribution is 2.38. The number of alkyl carbamates (subject to hydrolysis) is 2. The van der Waals surface area contributed by atoms with Gasteiger partial charge < -0.3 is 30.0 Å². The number of carbonyl (C=O) groups is 3. The number of ether oxygens (including phenoxy) is 3. The van der Waals surface area contributed by atoms with E-state index in [1.165, 1.54) is 0 Å². The summed E-state index contributed by atoms with van der Waals surface area (Å²) in [5, 5.41) is 17.9. The number of nitrogens with zero attached hydrogens (tertiary/aromatic N) is 1. The molecule has 14 nitrogen and oxygen atoms in total. The van der Waals surface area contributed by atoms with Gasteiger partial charge in [0, 0.05) is 20.2 Å². The lowest BCUT2D eigenvalue weighted by Gasteiger charge is -2.42. The van der Waals surface area contributed by atoms with E-state index in [0.717, 1.165) is 5.56 Å². The molecule has 7 atom stereocenters. The summed E-state index contributed by atoms with van der Waals surface area (Å²) in [5.41, 5.74) is -0.670. The summed E-state index contributed by atoms with van der Waals surface area (Å²) in [5.74, 6) is -1.54. The van der Waals surface area contributed by atoms with Gasteiger partial charge in [-0.3, -0.25) is 19.8 Å². The van der Waals surface area contributed by atoms with Gasteiger partial charge in [0.1, 0.15) is 11.2 Å². The van der Waals surface area contributed by atoms with Crippen molar-refractivity contribution in [1.82, 2.24) is 20.7 Å². The van der Waals surface area contributed by atoms with Crippen molar-refractivity contribution in [3.63, 3.8) is 0 Å². The van der Waals surface area contributed by atoms with Crippen molar-refractivity contribution in [2.75, 3.05) is 20.2 Å². The van der Waals surface area contributed by atoms with Crippen LogP contribution < -0.4 is 20.7 Å². The van der Waals surface area contributed by atoms with Crippen LogP contribution in [0.2, 0.25) is 0 Å². The van der Waals surface area contributed by atoms with E-state index in [2.05, 4.69) is 25.7 Å². The summed E-state index contributed by atoms with van der Waals surface area (Å²) >= 11 is 0.